The van der Waals surface area contributed by atoms with Crippen molar-refractivity contribution in [2.75, 3.05) is 25.9 Å². The summed E-state index contributed by atoms with van der Waals surface area (Å²) in [6.07, 6.45) is 0. The second-order valence-corrected chi connectivity index (χ2v) is 4.53. The average molecular weight is 280 g/mol. The summed E-state index contributed by atoms with van der Waals surface area (Å²) in [5.41, 5.74) is 6.65. The van der Waals surface area contributed by atoms with Gasteiger partial charge in [0.25, 0.3) is 0 Å². The zero-order valence-corrected chi connectivity index (χ0v) is 11.9. The first-order valence-electron chi connectivity index (χ1n) is 6.35. The molecule has 0 heterocycles. The molecule has 1 atom stereocenters. The minimum Gasteiger partial charge on any atom is -0.492 e. The van der Waals surface area contributed by atoms with Crippen molar-refractivity contribution in [3.8, 4) is 5.75 Å². The third-order valence-electron chi connectivity index (χ3n) is 3.02. The highest BCUT2D eigenvalue weighted by atomic mass is 16.5. The number of ketones is 1. The zero-order chi connectivity index (χ0) is 15.3. The summed E-state index contributed by atoms with van der Waals surface area (Å²) in [5, 5.41) is 8.74. The summed E-state index contributed by atoms with van der Waals surface area (Å²) in [6, 6.07) is 4.30. The molecule has 1 rings (SSSR count). The Labute approximate surface area is 118 Å². The Hall–Kier alpha value is -2.08. The summed E-state index contributed by atoms with van der Waals surface area (Å²) >= 11 is 0. The van der Waals surface area contributed by atoms with Crippen LogP contribution in [-0.4, -0.2) is 48.0 Å². The van der Waals surface area contributed by atoms with Crippen molar-refractivity contribution in [3.63, 3.8) is 0 Å². The Morgan fingerprint density at radius 3 is 2.60 bits per heavy atom. The maximum Gasteiger partial charge on any atom is 0.317 e. The highest BCUT2D eigenvalue weighted by Crippen LogP contribution is 2.23. The molecule has 0 aromatic heterocycles. The van der Waals surface area contributed by atoms with Gasteiger partial charge in [-0.3, -0.25) is 14.5 Å². The molecule has 0 aliphatic rings. The number of aliphatic carboxylic acids is 1. The number of carbonyl (C=O) groups is 2. The van der Waals surface area contributed by atoms with Crippen LogP contribution in [0.3, 0.4) is 0 Å². The summed E-state index contributed by atoms with van der Waals surface area (Å²) < 4.78 is 5.31. The standard InChI is InChI=1S/C14H20N2O4/c1-4-20-12-6-5-10(7-11(12)15)14(19)9(2)16(3)8-13(17)18/h5-7,9H,4,8,15H2,1-3H3,(H,17,18). The number of carboxylic acid groups (broad SMARTS) is 1. The fraction of sp³-hybridized carbons (Fsp3) is 0.429. The van der Waals surface area contributed by atoms with Crippen LogP contribution in [-0.2, 0) is 4.79 Å². The molecule has 0 spiro atoms. The van der Waals surface area contributed by atoms with E-state index in [4.69, 9.17) is 15.6 Å². The number of carbonyl (C=O) groups excluding carboxylic acids is 1. The van der Waals surface area contributed by atoms with Gasteiger partial charge in [-0.15, -0.1) is 0 Å². The van der Waals surface area contributed by atoms with Crippen LogP contribution >= 0.6 is 0 Å². The van der Waals surface area contributed by atoms with Crippen LogP contribution in [0.1, 0.15) is 24.2 Å². The number of likely N-dealkylation sites (N-methyl/N-ethyl adjacent to an activating group) is 1. The summed E-state index contributed by atoms with van der Waals surface area (Å²) in [6.45, 7) is 3.81. The number of nitrogens with zero attached hydrogens (tertiary/aromatic N) is 1. The van der Waals surface area contributed by atoms with Gasteiger partial charge in [-0.25, -0.2) is 0 Å². The Morgan fingerprint density at radius 1 is 1.45 bits per heavy atom. The molecule has 0 saturated carbocycles. The number of hydrogen-bond donors (Lipinski definition) is 2. The number of rotatable bonds is 7. The Morgan fingerprint density at radius 2 is 2.10 bits per heavy atom. The predicted octanol–water partition coefficient (Wildman–Crippen LogP) is 1.26. The van der Waals surface area contributed by atoms with Gasteiger partial charge < -0.3 is 15.6 Å². The molecule has 6 heteroatoms. The SMILES string of the molecule is CCOc1ccc(C(=O)C(C)N(C)CC(=O)O)cc1N. The number of ether oxygens (including phenoxy) is 1. The fourth-order valence-electron chi connectivity index (χ4n) is 1.78. The lowest BCUT2D eigenvalue weighted by atomic mass is 10.0. The maximum absolute atomic E-state index is 12.3. The molecule has 1 aromatic carbocycles. The van der Waals surface area contributed by atoms with E-state index in [1.54, 1.807) is 32.2 Å². The quantitative estimate of drug-likeness (QED) is 0.577. The highest BCUT2D eigenvalue weighted by molar-refractivity contribution is 6.01. The van der Waals surface area contributed by atoms with Crippen LogP contribution in [0.15, 0.2) is 18.2 Å². The van der Waals surface area contributed by atoms with Gasteiger partial charge in [0.15, 0.2) is 5.78 Å². The molecule has 0 radical (unpaired) electrons. The predicted molar refractivity (Wildman–Crippen MR) is 76.1 cm³/mol. The minimum absolute atomic E-state index is 0.177. The molecule has 0 bridgehead atoms. The van der Waals surface area contributed by atoms with E-state index in [1.165, 1.54) is 4.90 Å². The second-order valence-electron chi connectivity index (χ2n) is 4.53. The van der Waals surface area contributed by atoms with Crippen LogP contribution in [0, 0.1) is 0 Å². The molecule has 0 aliphatic heterocycles. The van der Waals surface area contributed by atoms with Gasteiger partial charge >= 0.3 is 5.97 Å². The molecule has 110 valence electrons. The molecule has 6 nitrogen and oxygen atoms in total. The minimum atomic E-state index is -0.974. The molecule has 20 heavy (non-hydrogen) atoms. The number of nitrogen functional groups attached to an aromatic ring is 1. The fourth-order valence-corrected chi connectivity index (χ4v) is 1.78. The van der Waals surface area contributed by atoms with Crippen molar-refractivity contribution in [2.24, 2.45) is 0 Å². The van der Waals surface area contributed by atoms with Crippen LogP contribution in [0.4, 0.5) is 5.69 Å². The zero-order valence-electron chi connectivity index (χ0n) is 11.9. The van der Waals surface area contributed by atoms with E-state index in [-0.39, 0.29) is 12.3 Å². The van der Waals surface area contributed by atoms with Crippen molar-refractivity contribution < 1.29 is 19.4 Å². The lowest BCUT2D eigenvalue weighted by Gasteiger charge is -2.21. The van der Waals surface area contributed by atoms with Crippen molar-refractivity contribution >= 4 is 17.4 Å². The van der Waals surface area contributed by atoms with Crippen LogP contribution in [0.5, 0.6) is 5.75 Å². The lowest BCUT2D eigenvalue weighted by molar-refractivity contribution is -0.138. The van der Waals surface area contributed by atoms with E-state index in [2.05, 4.69) is 0 Å². The summed E-state index contributed by atoms with van der Waals surface area (Å²) in [7, 11) is 1.59. The molecular formula is C14H20N2O4. The number of benzene rings is 1. The molecule has 0 amide bonds. The van der Waals surface area contributed by atoms with E-state index in [1.807, 2.05) is 6.92 Å². The third-order valence-corrected chi connectivity index (χ3v) is 3.02. The molecule has 1 aromatic rings. The van der Waals surface area contributed by atoms with Crippen LogP contribution < -0.4 is 10.5 Å². The van der Waals surface area contributed by atoms with Gasteiger partial charge in [0.1, 0.15) is 5.75 Å². The topological polar surface area (TPSA) is 92.9 Å². The van der Waals surface area contributed by atoms with E-state index >= 15 is 0 Å². The number of anilines is 1. The lowest BCUT2D eigenvalue weighted by Crippen LogP contribution is -2.39. The number of nitrogens with two attached hydrogens (primary N) is 1. The molecule has 3 N–H and O–H groups in total. The van der Waals surface area contributed by atoms with Gasteiger partial charge in [-0.05, 0) is 39.1 Å². The molecule has 1 unspecified atom stereocenters. The van der Waals surface area contributed by atoms with Crippen molar-refractivity contribution in [1.29, 1.82) is 0 Å². The summed E-state index contributed by atoms with van der Waals surface area (Å²) in [5.74, 6) is -0.613. The maximum atomic E-state index is 12.3. The first-order valence-corrected chi connectivity index (χ1v) is 6.35. The molecule has 0 aliphatic carbocycles. The van der Waals surface area contributed by atoms with Crippen molar-refractivity contribution in [1.82, 2.24) is 4.90 Å². The van der Waals surface area contributed by atoms with Crippen molar-refractivity contribution in [2.45, 2.75) is 19.9 Å². The monoisotopic (exact) mass is 280 g/mol. The van der Waals surface area contributed by atoms with Crippen LogP contribution in [0.25, 0.3) is 0 Å². The second kappa shape index (κ2) is 6.91. The van der Waals surface area contributed by atoms with Gasteiger partial charge in [-0.1, -0.05) is 0 Å². The van der Waals surface area contributed by atoms with E-state index < -0.39 is 12.0 Å². The normalized spacial score (nSPS) is 12.2. The Balaban J connectivity index is 2.86. The number of carboxylic acids is 1. The third kappa shape index (κ3) is 3.96. The van der Waals surface area contributed by atoms with Gasteiger partial charge in [-0.2, -0.15) is 0 Å². The Kier molecular flexibility index (Phi) is 5.52. The van der Waals surface area contributed by atoms with E-state index in [0.717, 1.165) is 0 Å². The van der Waals surface area contributed by atoms with Gasteiger partial charge in [0, 0.05) is 5.56 Å². The van der Waals surface area contributed by atoms with E-state index in [0.29, 0.717) is 23.6 Å². The van der Waals surface area contributed by atoms with E-state index in [9.17, 15) is 9.59 Å². The highest BCUT2D eigenvalue weighted by Gasteiger charge is 2.21. The van der Waals surface area contributed by atoms with Gasteiger partial charge in [0.2, 0.25) is 0 Å². The number of Topliss-reactive ketones (excluding diaryl/α,β-unsaturated/α-hetero) is 1. The van der Waals surface area contributed by atoms with Crippen LogP contribution in [0.2, 0.25) is 0 Å². The Bertz CT molecular complexity index is 502. The van der Waals surface area contributed by atoms with Crippen molar-refractivity contribution in [3.05, 3.63) is 23.8 Å². The smallest absolute Gasteiger partial charge is 0.317 e. The van der Waals surface area contributed by atoms with Gasteiger partial charge in [0.05, 0.1) is 24.9 Å². The first kappa shape index (κ1) is 16.0. The first-order chi connectivity index (χ1) is 9.36. The molecule has 0 fully saturated rings. The summed E-state index contributed by atoms with van der Waals surface area (Å²) in [4.78, 5) is 24.4. The average Bonchev–Trinajstić information content (AvgIpc) is 2.38. The molecular weight excluding hydrogens is 260 g/mol. The number of hydrogen-bond acceptors (Lipinski definition) is 5. The largest absolute Gasteiger partial charge is 0.492 e. The molecule has 0 saturated heterocycles.